The van der Waals surface area contributed by atoms with Crippen LogP contribution in [-0.2, 0) is 42.4 Å². The van der Waals surface area contributed by atoms with E-state index in [4.69, 9.17) is 13.8 Å². The fourth-order valence-electron chi connectivity index (χ4n) is 10.2. The molecule has 0 radical (unpaired) electrons. The van der Waals surface area contributed by atoms with Crippen LogP contribution >= 0.6 is 0 Å². The number of fused-ring (bicyclic) bond motifs is 5. The monoisotopic (exact) mass is 1090 g/mol. The van der Waals surface area contributed by atoms with Crippen molar-refractivity contribution >= 4 is 38.6 Å². The Kier molecular flexibility index (Phi) is 10.00. The van der Waals surface area contributed by atoms with Crippen LogP contribution < -0.4 is 4.74 Å². The summed E-state index contributed by atoms with van der Waals surface area (Å²) >= 11 is 2.45. The Balaban J connectivity index is 0.979. The number of benzene rings is 8. The Hall–Kier alpha value is -7.66. The zero-order valence-electron chi connectivity index (χ0n) is 41.9. The van der Waals surface area contributed by atoms with Gasteiger partial charge in [-0.2, -0.15) is 0 Å². The van der Waals surface area contributed by atoms with Gasteiger partial charge in [0.2, 0.25) is 0 Å². The predicted octanol–water partition coefficient (Wildman–Crippen LogP) is 15.0. The molecule has 0 aliphatic heterocycles. The molecule has 6 nitrogen and oxygen atoms in total. The molecule has 0 fully saturated rings. The van der Waals surface area contributed by atoms with Crippen molar-refractivity contribution < 1.29 is 33.0 Å². The molecule has 0 saturated heterocycles. The Morgan fingerprint density at radius 2 is 1.30 bits per heavy atom. The number of imidazole rings is 1. The maximum atomic E-state index is 13.1. The summed E-state index contributed by atoms with van der Waals surface area (Å²) < 4.78 is 40.2. The van der Waals surface area contributed by atoms with Gasteiger partial charge < -0.3 is 0 Å². The molecule has 7 heteroatoms. The first kappa shape index (κ1) is 40.2. The number of aromatic nitrogens is 4. The first-order valence-electron chi connectivity index (χ1n) is 25.1. The van der Waals surface area contributed by atoms with Crippen LogP contribution in [-0.4, -0.2) is 24.5 Å². The van der Waals surface area contributed by atoms with Gasteiger partial charge >= 0.3 is 323 Å². The van der Waals surface area contributed by atoms with Crippen molar-refractivity contribution in [2.75, 3.05) is 0 Å². The molecule has 1 aliphatic rings. The number of carbonyl (C=O) groups is 1. The van der Waals surface area contributed by atoms with Crippen molar-refractivity contribution in [1.29, 1.82) is 0 Å². The molecule has 8 aromatic carbocycles. The SMILES string of the molecule is [2H]C([2H])([2H])c1cc(-n2c3[c-]c(Oc4[c-]c(-n5[c](=[Pt])n(-c6c(-c7ccccc7)cc7c(c6-c6ccccc6)CCC(=O)C7)c6ccccc65)ccc4)ccc3c3ccccc32)ncc1-c1ccc(C(C)(C)C)cc1. The number of ether oxygens (including phenoxy) is 1. The number of Topliss-reactive ketones (excluding diaryl/α,β-unsaturated/α-hetero) is 1. The second-order valence-electron chi connectivity index (χ2n) is 19.0. The molecule has 12 rings (SSSR count). The number of para-hydroxylation sites is 3. The number of hydrogen-bond donors (Lipinski definition) is 0. The van der Waals surface area contributed by atoms with Gasteiger partial charge in [-0.15, -0.1) is 0 Å². The summed E-state index contributed by atoms with van der Waals surface area (Å²) in [4.78, 5) is 18.0. The molecule has 0 amide bonds. The van der Waals surface area contributed by atoms with E-state index in [0.717, 1.165) is 81.4 Å². The average molecular weight is 1090 g/mol. The van der Waals surface area contributed by atoms with Crippen LogP contribution in [0.5, 0.6) is 11.5 Å². The van der Waals surface area contributed by atoms with Gasteiger partial charge in [0.1, 0.15) is 0 Å². The van der Waals surface area contributed by atoms with Crippen LogP contribution in [0, 0.1) is 22.8 Å². The number of rotatable bonds is 8. The summed E-state index contributed by atoms with van der Waals surface area (Å²) in [5.74, 6) is 1.69. The average Bonchev–Trinajstić information content (AvgIpc) is 3.89. The summed E-state index contributed by atoms with van der Waals surface area (Å²) in [6.45, 7) is 4.07. The van der Waals surface area contributed by atoms with E-state index in [0.29, 0.717) is 47.7 Å². The molecule has 0 saturated carbocycles. The van der Waals surface area contributed by atoms with Crippen LogP contribution in [0.1, 0.15) is 53.6 Å². The van der Waals surface area contributed by atoms with Gasteiger partial charge in [0.25, 0.3) is 0 Å². The van der Waals surface area contributed by atoms with Crippen LogP contribution in [0.2, 0.25) is 0 Å². The fraction of sp³-hybridized carbons (Fsp3) is 0.127. The molecule has 344 valence electrons. The number of carbonyl (C=O) groups excluding carboxylic acids is 1. The molecule has 70 heavy (non-hydrogen) atoms. The smallest absolute Gasteiger partial charge is 0.0579 e. The summed E-state index contributed by atoms with van der Waals surface area (Å²) in [7, 11) is 0. The Morgan fingerprint density at radius 1 is 0.629 bits per heavy atom. The van der Waals surface area contributed by atoms with Gasteiger partial charge in [-0.1, -0.05) is 57.2 Å². The third-order valence-electron chi connectivity index (χ3n) is 13.6. The van der Waals surface area contributed by atoms with E-state index < -0.39 is 6.85 Å². The number of aryl methyl sites for hydroxylation is 1. The summed E-state index contributed by atoms with van der Waals surface area (Å²) in [6.07, 6.45) is 3.28. The second kappa shape index (κ2) is 17.4. The van der Waals surface area contributed by atoms with E-state index in [2.05, 4.69) is 158 Å². The standard InChI is InChI=1S/C63H48N4O2.Pt/c1-41-34-60(64-39-55(41)43-26-28-46(29-27-43)63(2,3)4)67-56-23-12-11-22-52(56)53-33-31-50(38-59(53)67)69-49-21-15-20-47(37-49)65-40-66(58-25-14-13-24-57(58)65)62-54(42-16-7-5-8-17-42)36-45-35-48(68)30-32-51(45)61(62)44-18-9-6-10-19-44;/h5-29,31,33-34,36,39H,30,32,35H2,1-4H3;/q-2;/i1D3;. The Morgan fingerprint density at radius 3 is 2.04 bits per heavy atom. The van der Waals surface area contributed by atoms with Gasteiger partial charge in [-0.3, -0.25) is 0 Å². The summed E-state index contributed by atoms with van der Waals surface area (Å²) in [5.41, 5.74) is 14.8. The molecule has 3 aromatic heterocycles. The molecular formula is C63H48N4O2Pt-2. The first-order chi connectivity index (χ1) is 35.3. The van der Waals surface area contributed by atoms with Crippen LogP contribution in [0.15, 0.2) is 182 Å². The van der Waals surface area contributed by atoms with Gasteiger partial charge in [-0.25, -0.2) is 0 Å². The van der Waals surface area contributed by atoms with Gasteiger partial charge in [0.15, 0.2) is 0 Å². The Labute approximate surface area is 422 Å². The third kappa shape index (κ3) is 7.59. The molecule has 0 N–H and O–H groups in total. The summed E-state index contributed by atoms with van der Waals surface area (Å²) in [5, 5.41) is 1.91. The number of nitrogens with zero attached hydrogens (tertiary/aromatic N) is 4. The van der Waals surface area contributed by atoms with Crippen molar-refractivity contribution in [2.45, 2.75) is 52.3 Å². The van der Waals surface area contributed by atoms with Gasteiger partial charge in [0.05, 0.1) is 0 Å². The number of pyridine rings is 1. The maximum absolute atomic E-state index is 13.1. The normalized spacial score (nSPS) is 13.6. The third-order valence-corrected chi connectivity index (χ3v) is 14.6. The fourth-order valence-corrected chi connectivity index (χ4v) is 11.3. The molecular weight excluding hydrogens is 1040 g/mol. The minimum Gasteiger partial charge on any atom is -0.0579 e. The number of hydrogen-bond acceptors (Lipinski definition) is 3. The minimum atomic E-state index is -2.41. The topological polar surface area (TPSA) is 54.0 Å². The summed E-state index contributed by atoms with van der Waals surface area (Å²) in [6, 6.07) is 66.6. The van der Waals surface area contributed by atoms with Gasteiger partial charge in [-0.05, 0) is 29.0 Å². The molecule has 0 atom stereocenters. The zero-order valence-corrected chi connectivity index (χ0v) is 41.1. The van der Waals surface area contributed by atoms with Crippen LogP contribution in [0.4, 0.5) is 0 Å². The molecule has 0 unspecified atom stereocenters. The predicted molar refractivity (Wildman–Crippen MR) is 279 cm³/mol. The van der Waals surface area contributed by atoms with E-state index >= 15 is 0 Å². The molecule has 11 aromatic rings. The van der Waals surface area contributed by atoms with Crippen LogP contribution in [0.3, 0.4) is 0 Å². The Bertz CT molecular complexity index is 4030. The van der Waals surface area contributed by atoms with E-state index in [1.54, 1.807) is 12.3 Å². The van der Waals surface area contributed by atoms with Crippen molar-refractivity contribution in [3.63, 3.8) is 0 Å². The minimum absolute atomic E-state index is 0.0429. The van der Waals surface area contributed by atoms with E-state index in [1.807, 2.05) is 77.4 Å². The van der Waals surface area contributed by atoms with Crippen molar-refractivity contribution in [3.8, 4) is 62.1 Å². The van der Waals surface area contributed by atoms with Crippen molar-refractivity contribution in [1.82, 2.24) is 18.7 Å². The van der Waals surface area contributed by atoms with Crippen molar-refractivity contribution in [2.24, 2.45) is 0 Å². The zero-order chi connectivity index (χ0) is 50.2. The quantitative estimate of drug-likeness (QED) is 0.143. The van der Waals surface area contributed by atoms with Gasteiger partial charge in [0, 0.05) is 15.9 Å². The van der Waals surface area contributed by atoms with E-state index in [9.17, 15) is 4.79 Å². The first-order valence-corrected chi connectivity index (χ1v) is 24.7. The van der Waals surface area contributed by atoms with E-state index in [-0.39, 0.29) is 16.8 Å². The van der Waals surface area contributed by atoms with Crippen molar-refractivity contribution in [3.05, 3.63) is 220 Å². The molecule has 1 aliphatic carbocycles. The number of ketones is 1. The molecule has 0 bridgehead atoms. The molecule has 3 heterocycles. The van der Waals surface area contributed by atoms with Crippen LogP contribution in [0.25, 0.3) is 83.4 Å². The molecule has 0 spiro atoms. The van der Waals surface area contributed by atoms with E-state index in [1.165, 1.54) is 5.56 Å². The second-order valence-corrected chi connectivity index (χ2v) is 20.0.